The molecule has 6 heteroatoms. The van der Waals surface area contributed by atoms with Gasteiger partial charge in [-0.1, -0.05) is 6.92 Å². The molecule has 17 heavy (non-hydrogen) atoms. The van der Waals surface area contributed by atoms with Crippen molar-refractivity contribution in [2.45, 2.75) is 38.1 Å². The van der Waals surface area contributed by atoms with Crippen molar-refractivity contribution in [1.29, 1.82) is 0 Å². The molecule has 0 spiro atoms. The van der Waals surface area contributed by atoms with Crippen molar-refractivity contribution < 1.29 is 20.4 Å². The molecule has 0 atom stereocenters. The molecule has 104 valence electrons. The van der Waals surface area contributed by atoms with Crippen LogP contribution in [0.3, 0.4) is 0 Å². The maximum absolute atomic E-state index is 9.16. The fraction of sp³-hybridized carbons (Fsp3) is 1.00. The largest absolute Gasteiger partial charge is 0.396 e. The van der Waals surface area contributed by atoms with E-state index in [1.807, 2.05) is 6.92 Å². The number of aliphatic hydroxyl groups excluding tert-OH is 4. The van der Waals surface area contributed by atoms with E-state index in [4.69, 9.17) is 26.3 Å². The van der Waals surface area contributed by atoms with Gasteiger partial charge in [-0.3, -0.25) is 11.3 Å². The lowest BCUT2D eigenvalue weighted by atomic mass is 9.64. The number of nitrogens with two attached hydrogens (primary N) is 1. The Morgan fingerprint density at radius 2 is 1.18 bits per heavy atom. The second-order valence-corrected chi connectivity index (χ2v) is 4.68. The molecule has 0 amide bonds. The van der Waals surface area contributed by atoms with E-state index >= 15 is 0 Å². The predicted octanol–water partition coefficient (Wildman–Crippen LogP) is -1.28. The molecule has 0 rings (SSSR count). The van der Waals surface area contributed by atoms with Crippen LogP contribution in [0.5, 0.6) is 0 Å². The molecule has 0 fully saturated rings. The molecule has 0 saturated carbocycles. The zero-order valence-electron chi connectivity index (χ0n) is 10.5. The molecule has 0 heterocycles. The van der Waals surface area contributed by atoms with Crippen molar-refractivity contribution in [2.75, 3.05) is 26.4 Å². The SMILES string of the molecule is CC(CCO)(CCO)C(CCO)(CCO)NN. The summed E-state index contributed by atoms with van der Waals surface area (Å²) in [5, 5.41) is 36.6. The molecule has 0 aliphatic carbocycles. The van der Waals surface area contributed by atoms with Gasteiger partial charge in [-0.15, -0.1) is 0 Å². The second-order valence-electron chi connectivity index (χ2n) is 4.68. The smallest absolute Gasteiger partial charge is 0.0449 e. The maximum atomic E-state index is 9.16. The summed E-state index contributed by atoms with van der Waals surface area (Å²) in [5.74, 6) is 5.59. The van der Waals surface area contributed by atoms with Crippen LogP contribution in [0.1, 0.15) is 32.6 Å². The van der Waals surface area contributed by atoms with E-state index in [2.05, 4.69) is 5.43 Å². The first kappa shape index (κ1) is 16.8. The Bertz CT molecular complexity index is 190. The van der Waals surface area contributed by atoms with Crippen molar-refractivity contribution in [3.05, 3.63) is 0 Å². The van der Waals surface area contributed by atoms with Crippen LogP contribution in [0.4, 0.5) is 0 Å². The van der Waals surface area contributed by atoms with Crippen LogP contribution in [0.2, 0.25) is 0 Å². The quantitative estimate of drug-likeness (QED) is 0.212. The summed E-state index contributed by atoms with van der Waals surface area (Å²) >= 11 is 0. The first-order valence-electron chi connectivity index (χ1n) is 5.97. The molecule has 0 bridgehead atoms. The summed E-state index contributed by atoms with van der Waals surface area (Å²) in [7, 11) is 0. The van der Waals surface area contributed by atoms with Crippen LogP contribution < -0.4 is 11.3 Å². The highest BCUT2D eigenvalue weighted by Crippen LogP contribution is 2.41. The number of aliphatic hydroxyl groups is 4. The van der Waals surface area contributed by atoms with Crippen LogP contribution in [-0.4, -0.2) is 52.4 Å². The summed E-state index contributed by atoms with van der Waals surface area (Å²) in [4.78, 5) is 0. The minimum absolute atomic E-state index is 0.0310. The molecule has 0 aliphatic heterocycles. The summed E-state index contributed by atoms with van der Waals surface area (Å²) in [5.41, 5.74) is 1.50. The number of nitrogens with one attached hydrogen (secondary N) is 1. The first-order valence-corrected chi connectivity index (χ1v) is 5.97. The van der Waals surface area contributed by atoms with Gasteiger partial charge >= 0.3 is 0 Å². The van der Waals surface area contributed by atoms with Crippen molar-refractivity contribution in [3.63, 3.8) is 0 Å². The van der Waals surface area contributed by atoms with E-state index in [1.165, 1.54) is 0 Å². The van der Waals surface area contributed by atoms with E-state index in [0.717, 1.165) is 0 Å². The minimum Gasteiger partial charge on any atom is -0.396 e. The average molecular weight is 250 g/mol. The molecular weight excluding hydrogens is 224 g/mol. The molecular formula is C11H26N2O4. The van der Waals surface area contributed by atoms with Crippen molar-refractivity contribution in [1.82, 2.24) is 5.43 Å². The maximum Gasteiger partial charge on any atom is 0.0449 e. The molecule has 0 aromatic carbocycles. The lowest BCUT2D eigenvalue weighted by Gasteiger charge is -2.48. The van der Waals surface area contributed by atoms with Gasteiger partial charge in [-0.25, -0.2) is 0 Å². The summed E-state index contributed by atoms with van der Waals surface area (Å²) in [6, 6.07) is 0. The number of hydrogen-bond donors (Lipinski definition) is 6. The lowest BCUT2D eigenvalue weighted by molar-refractivity contribution is 0.00629. The summed E-state index contributed by atoms with van der Waals surface area (Å²) in [6.45, 7) is 1.69. The Morgan fingerprint density at radius 3 is 1.41 bits per heavy atom. The molecule has 0 aromatic heterocycles. The van der Waals surface area contributed by atoms with Crippen molar-refractivity contribution in [2.24, 2.45) is 11.3 Å². The average Bonchev–Trinajstić information content (AvgIpc) is 2.29. The summed E-state index contributed by atoms with van der Waals surface area (Å²) in [6.07, 6.45) is 1.61. The van der Waals surface area contributed by atoms with E-state index in [0.29, 0.717) is 25.7 Å². The van der Waals surface area contributed by atoms with E-state index in [-0.39, 0.29) is 26.4 Å². The fourth-order valence-electron chi connectivity index (χ4n) is 2.53. The van der Waals surface area contributed by atoms with Crippen LogP contribution in [0.15, 0.2) is 0 Å². The van der Waals surface area contributed by atoms with Crippen molar-refractivity contribution >= 4 is 0 Å². The van der Waals surface area contributed by atoms with E-state index in [9.17, 15) is 0 Å². The third-order valence-electron chi connectivity index (χ3n) is 3.84. The van der Waals surface area contributed by atoms with Crippen LogP contribution in [0.25, 0.3) is 0 Å². The minimum atomic E-state index is -0.693. The van der Waals surface area contributed by atoms with Gasteiger partial charge in [0.25, 0.3) is 0 Å². The van der Waals surface area contributed by atoms with Gasteiger partial charge in [0.05, 0.1) is 0 Å². The molecule has 7 N–H and O–H groups in total. The lowest BCUT2D eigenvalue weighted by Crippen LogP contribution is -2.61. The Kier molecular flexibility index (Phi) is 7.85. The number of hydrazine groups is 1. The third kappa shape index (κ3) is 3.87. The number of hydrogen-bond acceptors (Lipinski definition) is 6. The van der Waals surface area contributed by atoms with Gasteiger partial charge in [-0.05, 0) is 31.1 Å². The normalized spacial score (nSPS) is 13.1. The Labute approximate surface area is 102 Å². The van der Waals surface area contributed by atoms with Crippen LogP contribution in [0, 0.1) is 5.41 Å². The zero-order valence-corrected chi connectivity index (χ0v) is 10.5. The molecule has 0 saturated heterocycles. The highest BCUT2D eigenvalue weighted by atomic mass is 16.3. The van der Waals surface area contributed by atoms with Gasteiger partial charge < -0.3 is 20.4 Å². The Balaban J connectivity index is 5.15. The van der Waals surface area contributed by atoms with Gasteiger partial charge in [0.15, 0.2) is 0 Å². The predicted molar refractivity (Wildman–Crippen MR) is 65.0 cm³/mol. The fourth-order valence-corrected chi connectivity index (χ4v) is 2.53. The van der Waals surface area contributed by atoms with Crippen molar-refractivity contribution in [3.8, 4) is 0 Å². The van der Waals surface area contributed by atoms with Gasteiger partial charge in [-0.2, -0.15) is 0 Å². The third-order valence-corrected chi connectivity index (χ3v) is 3.84. The molecule has 0 aliphatic rings. The Hall–Kier alpha value is -0.240. The molecule has 0 aromatic rings. The van der Waals surface area contributed by atoms with Gasteiger partial charge in [0, 0.05) is 32.0 Å². The topological polar surface area (TPSA) is 119 Å². The highest BCUT2D eigenvalue weighted by Gasteiger charge is 2.45. The van der Waals surface area contributed by atoms with E-state index in [1.54, 1.807) is 0 Å². The highest BCUT2D eigenvalue weighted by molar-refractivity contribution is 5.01. The first-order chi connectivity index (χ1) is 8.05. The Morgan fingerprint density at radius 1 is 0.824 bits per heavy atom. The monoisotopic (exact) mass is 250 g/mol. The number of rotatable bonds is 10. The molecule has 0 unspecified atom stereocenters. The second kappa shape index (κ2) is 7.97. The van der Waals surface area contributed by atoms with Gasteiger partial charge in [0.2, 0.25) is 0 Å². The van der Waals surface area contributed by atoms with E-state index < -0.39 is 11.0 Å². The standard InChI is InChI=1S/C11H26N2O4/c1-10(2-6-14,3-7-15)11(13-12,4-8-16)5-9-17/h13-17H,2-9,12H2,1H3. The van der Waals surface area contributed by atoms with Crippen LogP contribution in [-0.2, 0) is 0 Å². The van der Waals surface area contributed by atoms with Crippen LogP contribution >= 0.6 is 0 Å². The van der Waals surface area contributed by atoms with Gasteiger partial charge in [0.1, 0.15) is 0 Å². The zero-order chi connectivity index (χ0) is 13.4. The molecule has 0 radical (unpaired) electrons. The summed E-state index contributed by atoms with van der Waals surface area (Å²) < 4.78 is 0. The molecule has 6 nitrogen and oxygen atoms in total.